The molecule has 0 saturated carbocycles. The Morgan fingerprint density at radius 1 is 1.10 bits per heavy atom. The summed E-state index contributed by atoms with van der Waals surface area (Å²) in [7, 11) is 0. The Kier molecular flexibility index (Phi) is 5.09. The average Bonchev–Trinajstić information content (AvgIpc) is 3.07. The summed E-state index contributed by atoms with van der Waals surface area (Å²) in [5.74, 6) is -0.442. The van der Waals surface area contributed by atoms with Crippen molar-refractivity contribution < 1.29 is 4.79 Å². The Hall–Kier alpha value is -3.52. The van der Waals surface area contributed by atoms with Crippen LogP contribution in [0.15, 0.2) is 70.4 Å². The van der Waals surface area contributed by atoms with Crippen LogP contribution in [0.3, 0.4) is 0 Å². The molecule has 0 unspecified atom stereocenters. The van der Waals surface area contributed by atoms with Crippen molar-refractivity contribution in [2.45, 2.75) is 20.0 Å². The molecule has 29 heavy (non-hydrogen) atoms. The molecular formula is C21H18N4O3S. The van der Waals surface area contributed by atoms with Crippen molar-refractivity contribution in [2.75, 3.05) is 5.32 Å². The standard InChI is InChI=1S/C21H18N4O3S/c1-14-22-17-8-7-16(11-18(17)29-14)23-19(26)13-25-20(27)9-10-24(21(25)28)12-15-5-3-2-4-6-15/h2-11H,12-13H2,1H3,(H,23,26). The molecule has 0 aliphatic rings. The van der Waals surface area contributed by atoms with Crippen molar-refractivity contribution in [1.82, 2.24) is 14.1 Å². The number of nitrogens with one attached hydrogen (secondary N) is 1. The van der Waals surface area contributed by atoms with Gasteiger partial charge in [-0.05, 0) is 30.7 Å². The number of amides is 1. The maximum Gasteiger partial charge on any atom is 0.331 e. The molecule has 2 heterocycles. The Morgan fingerprint density at radius 2 is 1.90 bits per heavy atom. The monoisotopic (exact) mass is 406 g/mol. The smallest absolute Gasteiger partial charge is 0.324 e. The van der Waals surface area contributed by atoms with Crippen LogP contribution in [0.1, 0.15) is 10.6 Å². The summed E-state index contributed by atoms with van der Waals surface area (Å²) in [6, 6.07) is 16.1. The molecule has 0 atom stereocenters. The van der Waals surface area contributed by atoms with E-state index in [1.807, 2.05) is 49.4 Å². The third kappa shape index (κ3) is 4.17. The van der Waals surface area contributed by atoms with E-state index in [9.17, 15) is 14.4 Å². The number of anilines is 1. The number of rotatable bonds is 5. The Morgan fingerprint density at radius 3 is 2.69 bits per heavy atom. The van der Waals surface area contributed by atoms with Gasteiger partial charge < -0.3 is 5.32 Å². The average molecular weight is 406 g/mol. The SMILES string of the molecule is Cc1nc2ccc(NC(=O)Cn3c(=O)ccn(Cc4ccccc4)c3=O)cc2s1. The van der Waals surface area contributed by atoms with Crippen molar-refractivity contribution >= 4 is 33.1 Å². The molecule has 4 aromatic rings. The van der Waals surface area contributed by atoms with E-state index in [1.165, 1.54) is 28.2 Å². The first-order valence-electron chi connectivity index (χ1n) is 9.01. The van der Waals surface area contributed by atoms with Gasteiger partial charge >= 0.3 is 5.69 Å². The van der Waals surface area contributed by atoms with E-state index in [-0.39, 0.29) is 6.54 Å². The lowest BCUT2D eigenvalue weighted by Gasteiger charge is -2.10. The molecule has 1 N–H and O–H groups in total. The van der Waals surface area contributed by atoms with Gasteiger partial charge in [0.25, 0.3) is 5.56 Å². The van der Waals surface area contributed by atoms with E-state index in [0.717, 1.165) is 25.4 Å². The van der Waals surface area contributed by atoms with E-state index >= 15 is 0 Å². The third-order valence-corrected chi connectivity index (χ3v) is 5.35. The van der Waals surface area contributed by atoms with Crippen LogP contribution >= 0.6 is 11.3 Å². The highest BCUT2D eigenvalue weighted by Crippen LogP contribution is 2.24. The number of aromatic nitrogens is 3. The van der Waals surface area contributed by atoms with Crippen LogP contribution in [0.2, 0.25) is 0 Å². The number of carbonyl (C=O) groups is 1. The number of thiazole rings is 1. The van der Waals surface area contributed by atoms with Crippen molar-refractivity contribution in [3.63, 3.8) is 0 Å². The molecule has 0 aliphatic carbocycles. The fraction of sp³-hybridized carbons (Fsp3) is 0.143. The molecule has 0 saturated heterocycles. The molecule has 0 aliphatic heterocycles. The lowest BCUT2D eigenvalue weighted by Crippen LogP contribution is -2.41. The first-order chi connectivity index (χ1) is 14.0. The van der Waals surface area contributed by atoms with Crippen LogP contribution < -0.4 is 16.6 Å². The van der Waals surface area contributed by atoms with Gasteiger partial charge in [-0.2, -0.15) is 0 Å². The zero-order valence-corrected chi connectivity index (χ0v) is 16.5. The van der Waals surface area contributed by atoms with Gasteiger partial charge in [-0.1, -0.05) is 30.3 Å². The van der Waals surface area contributed by atoms with Crippen LogP contribution in [-0.4, -0.2) is 20.0 Å². The molecule has 2 aromatic heterocycles. The maximum absolute atomic E-state index is 12.7. The van der Waals surface area contributed by atoms with Crippen LogP contribution in [0, 0.1) is 6.92 Å². The minimum atomic E-state index is -0.523. The molecule has 0 radical (unpaired) electrons. The highest BCUT2D eigenvalue weighted by Gasteiger charge is 2.11. The van der Waals surface area contributed by atoms with Gasteiger partial charge in [0.05, 0.1) is 21.8 Å². The number of nitrogens with zero attached hydrogens (tertiary/aromatic N) is 3. The van der Waals surface area contributed by atoms with Crippen LogP contribution in [0.25, 0.3) is 10.2 Å². The highest BCUT2D eigenvalue weighted by atomic mass is 32.1. The van der Waals surface area contributed by atoms with E-state index < -0.39 is 17.2 Å². The van der Waals surface area contributed by atoms with Crippen LogP contribution in [0.4, 0.5) is 5.69 Å². The fourth-order valence-electron chi connectivity index (χ4n) is 3.06. The molecule has 1 amide bonds. The van der Waals surface area contributed by atoms with Gasteiger partial charge in [-0.3, -0.25) is 18.7 Å². The minimum absolute atomic E-state index is 0.322. The normalized spacial score (nSPS) is 10.9. The molecule has 0 bridgehead atoms. The number of benzene rings is 2. The van der Waals surface area contributed by atoms with Crippen LogP contribution in [0.5, 0.6) is 0 Å². The largest absolute Gasteiger partial charge is 0.331 e. The van der Waals surface area contributed by atoms with Crippen molar-refractivity contribution in [2.24, 2.45) is 0 Å². The van der Waals surface area contributed by atoms with Gasteiger partial charge in [0.1, 0.15) is 6.54 Å². The second-order valence-electron chi connectivity index (χ2n) is 6.60. The quantitative estimate of drug-likeness (QED) is 0.552. The summed E-state index contributed by atoms with van der Waals surface area (Å²) in [5.41, 5.74) is 1.36. The first-order valence-corrected chi connectivity index (χ1v) is 9.82. The lowest BCUT2D eigenvalue weighted by atomic mass is 10.2. The van der Waals surface area contributed by atoms with Gasteiger partial charge in [0.2, 0.25) is 5.91 Å². The summed E-state index contributed by atoms with van der Waals surface area (Å²) in [6.07, 6.45) is 1.45. The molecule has 8 heteroatoms. The van der Waals surface area contributed by atoms with Crippen molar-refractivity contribution in [3.05, 3.63) is 92.2 Å². The zero-order valence-electron chi connectivity index (χ0n) is 15.7. The van der Waals surface area contributed by atoms with Gasteiger partial charge in [0, 0.05) is 18.0 Å². The Bertz CT molecular complexity index is 1310. The van der Waals surface area contributed by atoms with E-state index in [1.54, 1.807) is 6.07 Å². The van der Waals surface area contributed by atoms with Gasteiger partial charge in [-0.25, -0.2) is 9.78 Å². The summed E-state index contributed by atoms with van der Waals surface area (Å²) >= 11 is 1.53. The number of carbonyl (C=O) groups excluding carboxylic acids is 1. The lowest BCUT2D eigenvalue weighted by molar-refractivity contribution is -0.116. The van der Waals surface area contributed by atoms with E-state index in [0.29, 0.717) is 12.2 Å². The predicted molar refractivity (Wildman–Crippen MR) is 113 cm³/mol. The summed E-state index contributed by atoms with van der Waals surface area (Å²) in [6.45, 7) is 1.89. The molecule has 0 fully saturated rings. The van der Waals surface area contributed by atoms with Crippen molar-refractivity contribution in [3.8, 4) is 0 Å². The molecule has 4 rings (SSSR count). The topological polar surface area (TPSA) is 86.0 Å². The van der Waals surface area contributed by atoms with Crippen LogP contribution in [-0.2, 0) is 17.9 Å². The number of aryl methyl sites for hydroxylation is 1. The number of hydrogen-bond donors (Lipinski definition) is 1. The van der Waals surface area contributed by atoms with Gasteiger partial charge in [0.15, 0.2) is 0 Å². The summed E-state index contributed by atoms with van der Waals surface area (Å²) < 4.78 is 3.31. The number of hydrogen-bond acceptors (Lipinski definition) is 5. The van der Waals surface area contributed by atoms with Gasteiger partial charge in [-0.15, -0.1) is 11.3 Å². The van der Waals surface area contributed by atoms with E-state index in [2.05, 4.69) is 10.3 Å². The maximum atomic E-state index is 12.7. The molecular weight excluding hydrogens is 388 g/mol. The summed E-state index contributed by atoms with van der Waals surface area (Å²) in [5, 5.41) is 3.69. The Labute approximate surface area is 169 Å². The molecule has 2 aromatic carbocycles. The third-order valence-electron chi connectivity index (χ3n) is 4.42. The van der Waals surface area contributed by atoms with E-state index in [4.69, 9.17) is 0 Å². The molecule has 7 nitrogen and oxygen atoms in total. The van der Waals surface area contributed by atoms with Crippen molar-refractivity contribution in [1.29, 1.82) is 0 Å². The highest BCUT2D eigenvalue weighted by molar-refractivity contribution is 7.18. The molecule has 146 valence electrons. The first kappa shape index (κ1) is 18.8. The second kappa shape index (κ2) is 7.84. The second-order valence-corrected chi connectivity index (χ2v) is 7.83. The molecule has 0 spiro atoms. The zero-order chi connectivity index (χ0) is 20.4. The fourth-order valence-corrected chi connectivity index (χ4v) is 3.93. The Balaban J connectivity index is 1.54. The predicted octanol–water partition coefficient (Wildman–Crippen LogP) is 2.62. The number of fused-ring (bicyclic) bond motifs is 1. The minimum Gasteiger partial charge on any atom is -0.324 e. The summed E-state index contributed by atoms with van der Waals surface area (Å²) in [4.78, 5) is 41.7.